The molecule has 162 valence electrons. The highest BCUT2D eigenvalue weighted by atomic mass is 19.1. The van der Waals surface area contributed by atoms with Gasteiger partial charge in [0, 0.05) is 47.4 Å². The highest BCUT2D eigenvalue weighted by Gasteiger charge is 2.15. The van der Waals surface area contributed by atoms with Crippen molar-refractivity contribution in [2.75, 3.05) is 7.11 Å². The summed E-state index contributed by atoms with van der Waals surface area (Å²) in [5.41, 5.74) is 7.02. The van der Waals surface area contributed by atoms with E-state index in [1.54, 1.807) is 23.1 Å². The van der Waals surface area contributed by atoms with Gasteiger partial charge in [0.05, 0.1) is 36.2 Å². The van der Waals surface area contributed by atoms with E-state index in [1.807, 2.05) is 37.6 Å². The quantitative estimate of drug-likeness (QED) is 0.390. The van der Waals surface area contributed by atoms with E-state index in [0.717, 1.165) is 49.9 Å². The Bertz CT molecular complexity index is 1640. The Labute approximate surface area is 187 Å². The highest BCUT2D eigenvalue weighted by molar-refractivity contribution is 6.01. The topological polar surface area (TPSA) is 84.4 Å². The van der Waals surface area contributed by atoms with Gasteiger partial charge < -0.3 is 9.72 Å². The van der Waals surface area contributed by atoms with E-state index in [2.05, 4.69) is 31.3 Å². The number of hydrogen-bond donors (Lipinski definition) is 2. The number of aryl methyl sites for hydroxylation is 1. The first-order valence-corrected chi connectivity index (χ1v) is 10.4. The van der Waals surface area contributed by atoms with E-state index >= 15 is 0 Å². The molecule has 0 spiro atoms. The first-order chi connectivity index (χ1) is 16.1. The molecule has 6 aromatic rings. The van der Waals surface area contributed by atoms with Crippen LogP contribution in [0.25, 0.3) is 55.4 Å². The lowest BCUT2D eigenvalue weighted by atomic mass is 10.0. The fourth-order valence-corrected chi connectivity index (χ4v) is 4.21. The largest absolute Gasteiger partial charge is 0.497 e. The van der Waals surface area contributed by atoms with Gasteiger partial charge in [0.15, 0.2) is 0 Å². The lowest BCUT2D eigenvalue weighted by Gasteiger charge is -2.06. The van der Waals surface area contributed by atoms with Crippen LogP contribution in [-0.2, 0) is 7.05 Å². The minimum absolute atomic E-state index is 0.363. The number of benzene rings is 2. The average molecular weight is 438 g/mol. The molecule has 4 aromatic heterocycles. The molecule has 0 radical (unpaired) electrons. The van der Waals surface area contributed by atoms with E-state index in [-0.39, 0.29) is 5.82 Å². The number of rotatable bonds is 4. The van der Waals surface area contributed by atoms with Crippen LogP contribution < -0.4 is 4.74 Å². The summed E-state index contributed by atoms with van der Waals surface area (Å²) >= 11 is 0. The van der Waals surface area contributed by atoms with Gasteiger partial charge in [-0.3, -0.25) is 14.8 Å². The Kier molecular flexibility index (Phi) is 4.26. The van der Waals surface area contributed by atoms with Crippen molar-refractivity contribution in [1.29, 1.82) is 0 Å². The molecule has 6 rings (SSSR count). The molecule has 0 aliphatic rings. The Hall–Kier alpha value is -4.46. The zero-order valence-corrected chi connectivity index (χ0v) is 17.9. The van der Waals surface area contributed by atoms with E-state index in [0.29, 0.717) is 11.3 Å². The van der Waals surface area contributed by atoms with Crippen molar-refractivity contribution in [1.82, 2.24) is 29.9 Å². The standard InChI is InChI=1S/C25H19FN6O/c1-32-13-16(10-28-32)14-3-4-22-20(7-14)25(31-30-22)23-9-19-21(11-27-12-24(19)29-23)15-5-17(26)8-18(6-15)33-2/h3-13,29H,1-2H3,(H,30,31). The fraction of sp³-hybridized carbons (Fsp3) is 0.0800. The molecule has 2 N–H and O–H groups in total. The molecule has 0 aliphatic carbocycles. The SMILES string of the molecule is COc1cc(F)cc(-c2cncc3[nH]c(-c4n[nH]c5ccc(-c6cnn(C)c6)cc45)cc23)c1. The number of halogens is 1. The minimum Gasteiger partial charge on any atom is -0.497 e. The number of pyridine rings is 1. The predicted molar refractivity (Wildman–Crippen MR) is 125 cm³/mol. The third kappa shape index (κ3) is 3.23. The zero-order chi connectivity index (χ0) is 22.5. The summed E-state index contributed by atoms with van der Waals surface area (Å²) in [4.78, 5) is 7.78. The summed E-state index contributed by atoms with van der Waals surface area (Å²) in [6, 6.07) is 12.8. The van der Waals surface area contributed by atoms with Crippen LogP contribution in [0.15, 0.2) is 67.3 Å². The van der Waals surface area contributed by atoms with Crippen molar-refractivity contribution >= 4 is 21.8 Å². The molecule has 33 heavy (non-hydrogen) atoms. The van der Waals surface area contributed by atoms with Gasteiger partial charge in [-0.25, -0.2) is 4.39 Å². The molecular formula is C25H19FN6O. The lowest BCUT2D eigenvalue weighted by molar-refractivity contribution is 0.411. The maximum absolute atomic E-state index is 14.2. The molecule has 2 aromatic carbocycles. The van der Waals surface area contributed by atoms with Gasteiger partial charge in [-0.1, -0.05) is 6.07 Å². The van der Waals surface area contributed by atoms with Crippen LogP contribution in [0.4, 0.5) is 4.39 Å². The number of H-pyrrole nitrogens is 2. The maximum Gasteiger partial charge on any atom is 0.127 e. The number of aromatic amines is 2. The van der Waals surface area contributed by atoms with Crippen molar-refractivity contribution in [2.45, 2.75) is 0 Å². The second-order valence-corrected chi connectivity index (χ2v) is 7.95. The molecule has 0 fully saturated rings. The summed E-state index contributed by atoms with van der Waals surface area (Å²) in [5.74, 6) is 0.0947. The van der Waals surface area contributed by atoms with Crippen molar-refractivity contribution in [2.24, 2.45) is 7.05 Å². The van der Waals surface area contributed by atoms with Crippen LogP contribution in [0.3, 0.4) is 0 Å². The smallest absolute Gasteiger partial charge is 0.127 e. The summed E-state index contributed by atoms with van der Waals surface area (Å²) < 4.78 is 21.2. The molecular weight excluding hydrogens is 419 g/mol. The first kappa shape index (κ1) is 19.2. The third-order valence-electron chi connectivity index (χ3n) is 5.82. The summed E-state index contributed by atoms with van der Waals surface area (Å²) in [7, 11) is 3.42. The second-order valence-electron chi connectivity index (χ2n) is 7.95. The van der Waals surface area contributed by atoms with Crippen LogP contribution in [0.1, 0.15) is 0 Å². The van der Waals surface area contributed by atoms with Crippen LogP contribution >= 0.6 is 0 Å². The molecule has 0 aliphatic heterocycles. The predicted octanol–water partition coefficient (Wildman–Crippen LogP) is 5.32. The van der Waals surface area contributed by atoms with E-state index in [4.69, 9.17) is 4.74 Å². The van der Waals surface area contributed by atoms with Crippen LogP contribution in [0.5, 0.6) is 5.75 Å². The van der Waals surface area contributed by atoms with Crippen molar-refractivity contribution in [3.63, 3.8) is 0 Å². The summed E-state index contributed by atoms with van der Waals surface area (Å²) in [5, 5.41) is 13.9. The van der Waals surface area contributed by atoms with Gasteiger partial charge in [0.1, 0.15) is 17.3 Å². The Morgan fingerprint density at radius 2 is 1.82 bits per heavy atom. The highest BCUT2D eigenvalue weighted by Crippen LogP contribution is 2.35. The monoisotopic (exact) mass is 438 g/mol. The third-order valence-corrected chi connectivity index (χ3v) is 5.82. The van der Waals surface area contributed by atoms with Gasteiger partial charge in [0.25, 0.3) is 0 Å². The molecule has 0 bridgehead atoms. The Balaban J connectivity index is 1.50. The molecule has 7 nitrogen and oxygen atoms in total. The summed E-state index contributed by atoms with van der Waals surface area (Å²) in [6.45, 7) is 0. The van der Waals surface area contributed by atoms with E-state index in [1.165, 1.54) is 19.2 Å². The number of aromatic nitrogens is 6. The number of ether oxygens (including phenoxy) is 1. The van der Waals surface area contributed by atoms with Crippen molar-refractivity contribution in [3.05, 3.63) is 73.1 Å². The first-order valence-electron chi connectivity index (χ1n) is 10.4. The number of methoxy groups -OCH3 is 1. The second kappa shape index (κ2) is 7.30. The van der Waals surface area contributed by atoms with Gasteiger partial charge in [-0.05, 0) is 41.5 Å². The molecule has 0 saturated carbocycles. The number of fused-ring (bicyclic) bond motifs is 2. The molecule has 4 heterocycles. The Morgan fingerprint density at radius 3 is 2.64 bits per heavy atom. The number of nitrogens with one attached hydrogen (secondary N) is 2. The normalized spacial score (nSPS) is 11.5. The molecule has 0 saturated heterocycles. The lowest BCUT2D eigenvalue weighted by Crippen LogP contribution is -1.88. The van der Waals surface area contributed by atoms with Crippen LogP contribution in [-0.4, -0.2) is 37.1 Å². The average Bonchev–Trinajstić information content (AvgIpc) is 3.55. The molecule has 0 atom stereocenters. The fourth-order valence-electron chi connectivity index (χ4n) is 4.21. The molecule has 0 amide bonds. The van der Waals surface area contributed by atoms with Gasteiger partial charge in [-0.2, -0.15) is 10.2 Å². The Morgan fingerprint density at radius 1 is 0.909 bits per heavy atom. The van der Waals surface area contributed by atoms with Crippen LogP contribution in [0.2, 0.25) is 0 Å². The van der Waals surface area contributed by atoms with Gasteiger partial charge in [0.2, 0.25) is 0 Å². The zero-order valence-electron chi connectivity index (χ0n) is 17.9. The minimum atomic E-state index is -0.363. The number of nitrogens with zero attached hydrogens (tertiary/aromatic N) is 4. The van der Waals surface area contributed by atoms with Gasteiger partial charge in [-0.15, -0.1) is 0 Å². The van der Waals surface area contributed by atoms with Crippen molar-refractivity contribution < 1.29 is 9.13 Å². The molecule has 0 unspecified atom stereocenters. The van der Waals surface area contributed by atoms with Gasteiger partial charge >= 0.3 is 0 Å². The maximum atomic E-state index is 14.2. The van der Waals surface area contributed by atoms with E-state index in [9.17, 15) is 4.39 Å². The summed E-state index contributed by atoms with van der Waals surface area (Å²) in [6.07, 6.45) is 7.32. The van der Waals surface area contributed by atoms with Crippen molar-refractivity contribution in [3.8, 4) is 39.4 Å². The molecule has 8 heteroatoms. The van der Waals surface area contributed by atoms with E-state index < -0.39 is 0 Å². The number of hydrogen-bond acceptors (Lipinski definition) is 4. The van der Waals surface area contributed by atoms with Crippen LogP contribution in [0, 0.1) is 5.82 Å².